The lowest BCUT2D eigenvalue weighted by Gasteiger charge is -2.18. The first kappa shape index (κ1) is 29.7. The van der Waals surface area contributed by atoms with E-state index in [-0.39, 0.29) is 18.1 Å². The van der Waals surface area contributed by atoms with Gasteiger partial charge < -0.3 is 15.4 Å². The van der Waals surface area contributed by atoms with Crippen molar-refractivity contribution < 1.29 is 14.3 Å². The van der Waals surface area contributed by atoms with Crippen LogP contribution < -0.4 is 15.4 Å². The zero-order valence-corrected chi connectivity index (χ0v) is 24.6. The summed E-state index contributed by atoms with van der Waals surface area (Å²) in [6, 6.07) is 20.5. The van der Waals surface area contributed by atoms with Gasteiger partial charge in [-0.05, 0) is 73.1 Å². The molecule has 0 radical (unpaired) electrons. The standard InChI is InChI=1S/C34H32ClN5O3/c1-3-29(41)18-23-9-7-11-26(15-23)33(42)37-27-16-24-17-28(20-27)38-34-36-21-31(35)32(39-34)25-10-8-12-30(19-25)43-14-6-4-5-13-40(2)22-24/h3-5,7-12,15-17,19-21H,1,6,13-14,18,22H2,2H3,(H,37,42)(H,36,38,39)/b5-4+. The van der Waals surface area contributed by atoms with Gasteiger partial charge in [0, 0.05) is 42.0 Å². The first-order chi connectivity index (χ1) is 20.9. The average molecular weight is 594 g/mol. The van der Waals surface area contributed by atoms with Gasteiger partial charge in [0.2, 0.25) is 5.95 Å². The molecule has 218 valence electrons. The molecule has 4 aromatic rings. The Morgan fingerprint density at radius 2 is 1.98 bits per heavy atom. The van der Waals surface area contributed by atoms with Crippen LogP contribution in [-0.2, 0) is 17.8 Å². The molecule has 6 bridgehead atoms. The molecule has 0 unspecified atom stereocenters. The number of amides is 1. The van der Waals surface area contributed by atoms with E-state index >= 15 is 0 Å². The maximum absolute atomic E-state index is 13.3. The first-order valence-electron chi connectivity index (χ1n) is 13.9. The molecule has 0 aliphatic carbocycles. The van der Waals surface area contributed by atoms with Gasteiger partial charge in [-0.1, -0.05) is 54.6 Å². The maximum Gasteiger partial charge on any atom is 0.255 e. The third-order valence-corrected chi connectivity index (χ3v) is 7.02. The van der Waals surface area contributed by atoms with Crippen LogP contribution in [0.1, 0.15) is 27.9 Å². The smallest absolute Gasteiger partial charge is 0.255 e. The number of aromatic nitrogens is 2. The molecule has 1 aromatic heterocycles. The third kappa shape index (κ3) is 8.16. The Balaban J connectivity index is 1.47. The minimum absolute atomic E-state index is 0.106. The van der Waals surface area contributed by atoms with Gasteiger partial charge in [-0.25, -0.2) is 9.97 Å². The number of nitrogens with zero attached hydrogens (tertiary/aromatic N) is 3. The highest BCUT2D eigenvalue weighted by molar-refractivity contribution is 6.32. The van der Waals surface area contributed by atoms with Crippen molar-refractivity contribution in [2.45, 2.75) is 19.4 Å². The highest BCUT2D eigenvalue weighted by Crippen LogP contribution is 2.30. The second-order valence-electron chi connectivity index (χ2n) is 10.3. The predicted molar refractivity (Wildman–Crippen MR) is 171 cm³/mol. The van der Waals surface area contributed by atoms with E-state index < -0.39 is 0 Å². The Bertz CT molecular complexity index is 1690. The Morgan fingerprint density at radius 3 is 2.84 bits per heavy atom. The normalized spacial score (nSPS) is 14.3. The summed E-state index contributed by atoms with van der Waals surface area (Å²) in [6.07, 6.45) is 8.04. The molecular weight excluding hydrogens is 562 g/mol. The van der Waals surface area contributed by atoms with Crippen LogP contribution in [0.5, 0.6) is 5.75 Å². The number of ether oxygens (including phenoxy) is 1. The molecule has 2 heterocycles. The molecule has 1 aliphatic rings. The summed E-state index contributed by atoms with van der Waals surface area (Å²) in [5.74, 6) is 0.705. The van der Waals surface area contributed by atoms with E-state index in [0.29, 0.717) is 46.8 Å². The van der Waals surface area contributed by atoms with Gasteiger partial charge >= 0.3 is 0 Å². The molecule has 0 spiro atoms. The fraction of sp³-hybridized carbons (Fsp3) is 0.176. The van der Waals surface area contributed by atoms with Crippen LogP contribution in [0.15, 0.2) is 97.7 Å². The summed E-state index contributed by atoms with van der Waals surface area (Å²) in [5.41, 5.74) is 4.87. The molecule has 0 fully saturated rings. The van der Waals surface area contributed by atoms with E-state index in [4.69, 9.17) is 21.3 Å². The quantitative estimate of drug-likeness (QED) is 0.193. The number of nitrogens with one attached hydrogen (secondary N) is 2. The van der Waals surface area contributed by atoms with Gasteiger partial charge in [0.25, 0.3) is 5.91 Å². The summed E-state index contributed by atoms with van der Waals surface area (Å²) in [6.45, 7) is 5.45. The average Bonchev–Trinajstić information content (AvgIpc) is 2.99. The van der Waals surface area contributed by atoms with Crippen LogP contribution >= 0.6 is 11.6 Å². The van der Waals surface area contributed by atoms with Crippen molar-refractivity contribution in [3.8, 4) is 17.0 Å². The molecule has 0 atom stereocenters. The third-order valence-electron chi connectivity index (χ3n) is 6.74. The van der Waals surface area contributed by atoms with Gasteiger partial charge in [-0.2, -0.15) is 0 Å². The second-order valence-corrected chi connectivity index (χ2v) is 10.7. The van der Waals surface area contributed by atoms with Crippen LogP contribution in [-0.4, -0.2) is 46.8 Å². The molecule has 3 aromatic carbocycles. The van der Waals surface area contributed by atoms with Gasteiger partial charge in [-0.15, -0.1) is 0 Å². The van der Waals surface area contributed by atoms with Crippen LogP contribution in [0.3, 0.4) is 0 Å². The second kappa shape index (κ2) is 13.9. The minimum Gasteiger partial charge on any atom is -0.493 e. The number of rotatable bonds is 5. The van der Waals surface area contributed by atoms with Crippen molar-refractivity contribution in [2.24, 2.45) is 0 Å². The highest BCUT2D eigenvalue weighted by atomic mass is 35.5. The zero-order chi connectivity index (χ0) is 30.2. The Labute approximate surface area is 256 Å². The predicted octanol–water partition coefficient (Wildman–Crippen LogP) is 6.86. The van der Waals surface area contributed by atoms with E-state index in [2.05, 4.69) is 39.2 Å². The van der Waals surface area contributed by atoms with Crippen LogP contribution in [0.2, 0.25) is 5.02 Å². The molecule has 1 aliphatic heterocycles. The number of carbonyl (C=O) groups is 2. The summed E-state index contributed by atoms with van der Waals surface area (Å²) >= 11 is 6.51. The van der Waals surface area contributed by atoms with Crippen molar-refractivity contribution in [1.29, 1.82) is 0 Å². The lowest BCUT2D eigenvalue weighted by molar-refractivity contribution is -0.114. The number of ketones is 1. The van der Waals surface area contributed by atoms with Crippen molar-refractivity contribution >= 4 is 40.6 Å². The SMILES string of the molecule is C=CC(=O)Cc1cccc(C(=O)Nc2cc3cc(c2)Nc2ncc(Cl)c(n2)-c2cccc(c2)OCC/C=C/CN(C)C3)c1. The van der Waals surface area contributed by atoms with Gasteiger partial charge in [0.1, 0.15) is 5.75 Å². The Hall–Kier alpha value is -4.79. The number of benzene rings is 3. The molecular formula is C34H32ClN5O3. The maximum atomic E-state index is 13.3. The van der Waals surface area contributed by atoms with E-state index in [9.17, 15) is 9.59 Å². The van der Waals surface area contributed by atoms with Gasteiger partial charge in [0.05, 0.1) is 23.5 Å². The monoisotopic (exact) mass is 593 g/mol. The topological polar surface area (TPSA) is 96.5 Å². The number of halogens is 1. The van der Waals surface area contributed by atoms with Crippen molar-refractivity contribution in [3.05, 3.63) is 119 Å². The van der Waals surface area contributed by atoms with Crippen LogP contribution in [0.4, 0.5) is 17.3 Å². The van der Waals surface area contributed by atoms with E-state index in [0.717, 1.165) is 35.4 Å². The van der Waals surface area contributed by atoms with Crippen LogP contribution in [0.25, 0.3) is 11.3 Å². The van der Waals surface area contributed by atoms with Gasteiger partial charge in [0.15, 0.2) is 5.78 Å². The van der Waals surface area contributed by atoms with Crippen molar-refractivity contribution in [1.82, 2.24) is 14.9 Å². The molecule has 0 saturated heterocycles. The largest absolute Gasteiger partial charge is 0.493 e. The molecule has 43 heavy (non-hydrogen) atoms. The van der Waals surface area contributed by atoms with Crippen molar-refractivity contribution in [3.63, 3.8) is 0 Å². The molecule has 1 amide bonds. The number of hydrogen-bond acceptors (Lipinski definition) is 7. The lowest BCUT2D eigenvalue weighted by Crippen LogP contribution is -2.18. The minimum atomic E-state index is -0.283. The Kier molecular flexibility index (Phi) is 9.61. The fourth-order valence-corrected chi connectivity index (χ4v) is 4.91. The first-order valence-corrected chi connectivity index (χ1v) is 14.3. The molecule has 5 rings (SSSR count). The highest BCUT2D eigenvalue weighted by Gasteiger charge is 2.13. The number of hydrogen-bond donors (Lipinski definition) is 2. The molecule has 2 N–H and O–H groups in total. The Morgan fingerprint density at radius 1 is 1.12 bits per heavy atom. The summed E-state index contributed by atoms with van der Waals surface area (Å²) in [4.78, 5) is 36.4. The van der Waals surface area contributed by atoms with Gasteiger partial charge in [-0.3, -0.25) is 14.5 Å². The number of carbonyl (C=O) groups excluding carboxylic acids is 2. The fourth-order valence-electron chi connectivity index (χ4n) is 4.71. The van der Waals surface area contributed by atoms with E-state index in [1.807, 2.05) is 55.6 Å². The van der Waals surface area contributed by atoms with E-state index in [1.54, 1.807) is 24.4 Å². The molecule has 0 saturated carbocycles. The lowest BCUT2D eigenvalue weighted by atomic mass is 10.1. The number of likely N-dealkylation sites (N-methyl/N-ethyl adjacent to an activating group) is 1. The zero-order valence-electron chi connectivity index (χ0n) is 23.8. The molecule has 8 nitrogen and oxygen atoms in total. The molecule has 9 heteroatoms. The number of allylic oxidation sites excluding steroid dienone is 1. The number of anilines is 3. The summed E-state index contributed by atoms with van der Waals surface area (Å²) in [7, 11) is 2.04. The summed E-state index contributed by atoms with van der Waals surface area (Å²) in [5, 5.41) is 6.72. The van der Waals surface area contributed by atoms with Crippen molar-refractivity contribution in [2.75, 3.05) is 30.8 Å². The summed E-state index contributed by atoms with van der Waals surface area (Å²) < 4.78 is 5.95. The van der Waals surface area contributed by atoms with Crippen LogP contribution in [0, 0.1) is 0 Å². The van der Waals surface area contributed by atoms with E-state index in [1.165, 1.54) is 6.08 Å². The number of fused-ring (bicyclic) bond motifs is 7.